The quantitative estimate of drug-likeness (QED) is 0.340. The highest BCUT2D eigenvalue weighted by atomic mass is 79.9. The first-order valence-corrected chi connectivity index (χ1v) is 12.3. The van der Waals surface area contributed by atoms with Crippen molar-refractivity contribution in [3.63, 3.8) is 0 Å². The number of carboxylic acid groups (broad SMARTS) is 1. The molecular weight excluding hydrogens is 596 g/mol. The van der Waals surface area contributed by atoms with Gasteiger partial charge >= 0.3 is 12.3 Å². The van der Waals surface area contributed by atoms with Crippen molar-refractivity contribution in [3.8, 4) is 0 Å². The maximum absolute atomic E-state index is 13.7. The number of alkyl halides is 3. The second-order valence-corrected chi connectivity index (χ2v) is 9.98. The van der Waals surface area contributed by atoms with Crippen LogP contribution in [0.25, 0.3) is 6.08 Å². The van der Waals surface area contributed by atoms with Crippen molar-refractivity contribution in [1.29, 1.82) is 0 Å². The topological polar surface area (TPSA) is 69.6 Å². The minimum atomic E-state index is -4.61. The molecule has 1 saturated heterocycles. The Morgan fingerprint density at radius 1 is 1.11 bits per heavy atom. The third-order valence-corrected chi connectivity index (χ3v) is 7.39. The SMILES string of the molecule is O=C(NC1CCN(C(=O)O)CC1)c1ccc(C=CC(c2cc(Cl)c(Cl)c(Cl)c2)C(F)(F)F)cc1Br. The van der Waals surface area contributed by atoms with E-state index in [1.54, 1.807) is 0 Å². The van der Waals surface area contributed by atoms with Gasteiger partial charge < -0.3 is 15.3 Å². The Bertz CT molecular complexity index is 1130. The Kier molecular flexibility index (Phi) is 9.01. The molecule has 1 aliphatic rings. The predicted molar refractivity (Wildman–Crippen MR) is 134 cm³/mol. The highest BCUT2D eigenvalue weighted by molar-refractivity contribution is 9.10. The van der Waals surface area contributed by atoms with Gasteiger partial charge in [-0.25, -0.2) is 4.79 Å². The second-order valence-electron chi connectivity index (χ2n) is 7.93. The van der Waals surface area contributed by atoms with Crippen LogP contribution in [0.3, 0.4) is 0 Å². The van der Waals surface area contributed by atoms with E-state index >= 15 is 0 Å². The number of rotatable bonds is 5. The summed E-state index contributed by atoms with van der Waals surface area (Å²) in [6.45, 7) is 0.658. The van der Waals surface area contributed by atoms with Gasteiger partial charge in [0.1, 0.15) is 0 Å². The first-order chi connectivity index (χ1) is 16.4. The standard InChI is InChI=1S/C23H19BrCl3F3N2O3/c24-17-9-12(1-3-15(17)21(33)31-14-5-7-32(8-6-14)22(34)35)2-4-16(23(28,29)30)13-10-18(25)20(27)19(26)11-13/h1-4,9-11,14,16H,5-8H2,(H,31,33)(H,34,35). The van der Waals surface area contributed by atoms with E-state index in [9.17, 15) is 22.8 Å². The molecule has 0 aromatic heterocycles. The number of likely N-dealkylation sites (tertiary alicyclic amines) is 1. The van der Waals surface area contributed by atoms with Crippen LogP contribution < -0.4 is 5.32 Å². The van der Waals surface area contributed by atoms with Crippen LogP contribution in [0.4, 0.5) is 18.0 Å². The van der Waals surface area contributed by atoms with Crippen molar-refractivity contribution in [3.05, 3.63) is 72.6 Å². The smallest absolute Gasteiger partial charge is 0.407 e. The van der Waals surface area contributed by atoms with Crippen LogP contribution in [-0.4, -0.2) is 47.3 Å². The van der Waals surface area contributed by atoms with E-state index in [4.69, 9.17) is 39.9 Å². The third-order valence-electron chi connectivity index (χ3n) is 5.54. The van der Waals surface area contributed by atoms with Crippen LogP contribution in [0.5, 0.6) is 0 Å². The monoisotopic (exact) mass is 612 g/mol. The Balaban J connectivity index is 1.74. The molecule has 1 heterocycles. The lowest BCUT2D eigenvalue weighted by Gasteiger charge is -2.30. The molecule has 2 aromatic carbocycles. The van der Waals surface area contributed by atoms with E-state index in [1.165, 1.54) is 29.2 Å². The van der Waals surface area contributed by atoms with Crippen molar-refractivity contribution in [2.75, 3.05) is 13.1 Å². The molecule has 1 unspecified atom stereocenters. The fourth-order valence-corrected chi connectivity index (χ4v) is 4.86. The fraction of sp³-hybridized carbons (Fsp3) is 0.304. The summed E-state index contributed by atoms with van der Waals surface area (Å²) in [6, 6.07) is 6.65. The van der Waals surface area contributed by atoms with Crippen molar-refractivity contribution < 1.29 is 27.9 Å². The molecule has 3 rings (SSSR count). The summed E-state index contributed by atoms with van der Waals surface area (Å²) in [5.41, 5.74) is 0.590. The number of carbonyl (C=O) groups excluding carboxylic acids is 1. The van der Waals surface area contributed by atoms with Gasteiger partial charge in [0.15, 0.2) is 0 Å². The second kappa shape index (κ2) is 11.4. The lowest BCUT2D eigenvalue weighted by molar-refractivity contribution is -0.139. The summed E-state index contributed by atoms with van der Waals surface area (Å²) in [5, 5.41) is 11.7. The molecule has 2 N–H and O–H groups in total. The maximum atomic E-state index is 13.7. The first-order valence-electron chi connectivity index (χ1n) is 10.3. The number of hydrogen-bond acceptors (Lipinski definition) is 2. The average molecular weight is 615 g/mol. The molecule has 0 radical (unpaired) electrons. The van der Waals surface area contributed by atoms with Crippen LogP contribution in [0.2, 0.25) is 15.1 Å². The molecule has 0 spiro atoms. The van der Waals surface area contributed by atoms with Gasteiger partial charge in [-0.15, -0.1) is 0 Å². The Morgan fingerprint density at radius 3 is 2.23 bits per heavy atom. The molecule has 2 amide bonds. The van der Waals surface area contributed by atoms with Crippen molar-refractivity contribution >= 4 is 68.8 Å². The summed E-state index contributed by atoms with van der Waals surface area (Å²) in [6.07, 6.45) is -2.33. The van der Waals surface area contributed by atoms with Crippen molar-refractivity contribution in [2.45, 2.75) is 31.0 Å². The molecular formula is C23H19BrCl3F3N2O3. The Morgan fingerprint density at radius 2 is 1.71 bits per heavy atom. The van der Waals surface area contributed by atoms with Gasteiger partial charge in [-0.1, -0.05) is 53.0 Å². The zero-order valence-corrected chi connectivity index (χ0v) is 21.7. The van der Waals surface area contributed by atoms with Gasteiger partial charge in [-0.2, -0.15) is 13.2 Å². The number of piperidine rings is 1. The predicted octanol–water partition coefficient (Wildman–Crippen LogP) is 7.64. The number of benzene rings is 2. The molecule has 0 saturated carbocycles. The summed E-state index contributed by atoms with van der Waals surface area (Å²) in [5.74, 6) is -2.34. The molecule has 188 valence electrons. The van der Waals surface area contributed by atoms with Crippen LogP contribution >= 0.6 is 50.7 Å². The molecule has 5 nitrogen and oxygen atoms in total. The van der Waals surface area contributed by atoms with E-state index in [2.05, 4.69) is 21.2 Å². The number of amides is 2. The molecule has 1 atom stereocenters. The van der Waals surface area contributed by atoms with Gasteiger partial charge in [0.2, 0.25) is 0 Å². The van der Waals surface area contributed by atoms with Crippen LogP contribution in [0.15, 0.2) is 40.9 Å². The number of hydrogen-bond donors (Lipinski definition) is 2. The molecule has 2 aromatic rings. The molecule has 1 fully saturated rings. The summed E-state index contributed by atoms with van der Waals surface area (Å²) in [7, 11) is 0. The van der Waals surface area contributed by atoms with Gasteiger partial charge in [-0.05, 0) is 64.2 Å². The minimum absolute atomic E-state index is 0.0211. The van der Waals surface area contributed by atoms with Crippen LogP contribution in [-0.2, 0) is 0 Å². The molecule has 1 aliphatic heterocycles. The van der Waals surface area contributed by atoms with Gasteiger partial charge in [0, 0.05) is 23.6 Å². The van der Waals surface area contributed by atoms with Crippen LogP contribution in [0.1, 0.15) is 40.2 Å². The largest absolute Gasteiger partial charge is 0.465 e. The lowest BCUT2D eigenvalue weighted by Crippen LogP contribution is -2.46. The number of allylic oxidation sites excluding steroid dienone is 1. The average Bonchev–Trinajstić information content (AvgIpc) is 2.77. The van der Waals surface area contributed by atoms with E-state index in [-0.39, 0.29) is 32.6 Å². The molecule has 35 heavy (non-hydrogen) atoms. The van der Waals surface area contributed by atoms with Gasteiger partial charge in [-0.3, -0.25) is 4.79 Å². The normalized spacial score (nSPS) is 15.9. The third kappa shape index (κ3) is 7.06. The Labute approximate surface area is 223 Å². The molecule has 12 heteroatoms. The highest BCUT2D eigenvalue weighted by Crippen LogP contribution is 2.41. The first kappa shape index (κ1) is 27.6. The fourth-order valence-electron chi connectivity index (χ4n) is 3.67. The zero-order chi connectivity index (χ0) is 25.9. The van der Waals surface area contributed by atoms with Crippen molar-refractivity contribution in [2.24, 2.45) is 0 Å². The minimum Gasteiger partial charge on any atom is -0.465 e. The maximum Gasteiger partial charge on any atom is 0.407 e. The van der Waals surface area contributed by atoms with Crippen LogP contribution in [0, 0.1) is 0 Å². The molecule has 0 bridgehead atoms. The van der Waals surface area contributed by atoms with E-state index in [0.29, 0.717) is 41.5 Å². The molecule has 0 aliphatic carbocycles. The highest BCUT2D eigenvalue weighted by Gasteiger charge is 2.39. The summed E-state index contributed by atoms with van der Waals surface area (Å²) < 4.78 is 41.6. The number of halogens is 7. The number of nitrogens with one attached hydrogen (secondary N) is 1. The lowest BCUT2D eigenvalue weighted by atomic mass is 9.97. The number of carbonyl (C=O) groups is 2. The summed E-state index contributed by atoms with van der Waals surface area (Å²) in [4.78, 5) is 25.0. The van der Waals surface area contributed by atoms with E-state index < -0.39 is 18.2 Å². The number of nitrogens with zero attached hydrogens (tertiary/aromatic N) is 1. The summed E-state index contributed by atoms with van der Waals surface area (Å²) >= 11 is 21.0. The van der Waals surface area contributed by atoms with Gasteiger partial charge in [0.25, 0.3) is 5.91 Å². The van der Waals surface area contributed by atoms with E-state index in [0.717, 1.165) is 18.2 Å². The van der Waals surface area contributed by atoms with Crippen molar-refractivity contribution in [1.82, 2.24) is 10.2 Å². The van der Waals surface area contributed by atoms with Gasteiger partial charge in [0.05, 0.1) is 26.5 Å². The Hall–Kier alpha value is -1.94. The van der Waals surface area contributed by atoms with E-state index in [1.807, 2.05) is 0 Å². The zero-order valence-electron chi connectivity index (χ0n) is 17.9.